The van der Waals surface area contributed by atoms with Crippen molar-refractivity contribution in [2.45, 2.75) is 39.8 Å². The average Bonchev–Trinajstić information content (AvgIpc) is 2.88. The van der Waals surface area contributed by atoms with Crippen LogP contribution in [0.2, 0.25) is 0 Å². The summed E-state index contributed by atoms with van der Waals surface area (Å²) in [4.78, 5) is 2.48. The smallest absolute Gasteiger partial charge is 0.118 e. The number of ether oxygens (including phenoxy) is 1. The average molecular weight is 294 g/mol. The van der Waals surface area contributed by atoms with E-state index in [1.807, 2.05) is 6.26 Å². The molecule has 1 N–H and O–H groups in total. The highest BCUT2D eigenvalue weighted by atomic mass is 16.5. The first-order chi connectivity index (χ1) is 10.2. The summed E-state index contributed by atoms with van der Waals surface area (Å²) in [6.45, 7) is 10.5. The zero-order valence-corrected chi connectivity index (χ0v) is 13.7. The molecule has 1 aromatic heterocycles. The summed E-state index contributed by atoms with van der Waals surface area (Å²) >= 11 is 0. The van der Waals surface area contributed by atoms with Gasteiger partial charge in [-0.25, -0.2) is 0 Å². The highest BCUT2D eigenvalue weighted by molar-refractivity contribution is 5.12. The Morgan fingerprint density at radius 1 is 1.38 bits per heavy atom. The molecule has 1 aliphatic heterocycles. The molecule has 0 unspecified atom stereocenters. The van der Waals surface area contributed by atoms with Gasteiger partial charge in [-0.1, -0.05) is 13.8 Å². The maximum atomic E-state index is 5.69. The van der Waals surface area contributed by atoms with Gasteiger partial charge in [-0.15, -0.1) is 0 Å². The minimum Gasteiger partial charge on any atom is -0.468 e. The summed E-state index contributed by atoms with van der Waals surface area (Å²) in [6, 6.07) is 2.19. The zero-order valence-electron chi connectivity index (χ0n) is 13.7. The molecule has 0 radical (unpaired) electrons. The van der Waals surface area contributed by atoms with E-state index in [1.54, 1.807) is 7.11 Å². The van der Waals surface area contributed by atoms with E-state index in [2.05, 4.69) is 30.1 Å². The van der Waals surface area contributed by atoms with Crippen molar-refractivity contribution in [3.8, 4) is 0 Å². The number of nitrogens with one attached hydrogen (secondary N) is 1. The van der Waals surface area contributed by atoms with Crippen molar-refractivity contribution < 1.29 is 9.15 Å². The van der Waals surface area contributed by atoms with Crippen LogP contribution in [0.3, 0.4) is 0 Å². The van der Waals surface area contributed by atoms with Gasteiger partial charge in [0, 0.05) is 25.8 Å². The summed E-state index contributed by atoms with van der Waals surface area (Å²) in [6.07, 6.45) is 4.36. The molecule has 4 heteroatoms. The quantitative estimate of drug-likeness (QED) is 0.800. The monoisotopic (exact) mass is 294 g/mol. The Balaban J connectivity index is 1.70. The minimum absolute atomic E-state index is 0.685. The lowest BCUT2D eigenvalue weighted by Crippen LogP contribution is -2.34. The molecular weight excluding hydrogens is 264 g/mol. The molecule has 0 atom stereocenters. The van der Waals surface area contributed by atoms with Gasteiger partial charge in [0.05, 0.1) is 12.8 Å². The van der Waals surface area contributed by atoms with Crippen LogP contribution in [0, 0.1) is 11.8 Å². The van der Waals surface area contributed by atoms with Crippen LogP contribution in [0.15, 0.2) is 16.7 Å². The fourth-order valence-corrected chi connectivity index (χ4v) is 2.87. The van der Waals surface area contributed by atoms with E-state index in [0.717, 1.165) is 51.0 Å². The van der Waals surface area contributed by atoms with Gasteiger partial charge >= 0.3 is 0 Å². The molecule has 21 heavy (non-hydrogen) atoms. The normalized spacial score (nSPS) is 17.7. The van der Waals surface area contributed by atoms with E-state index in [0.29, 0.717) is 5.92 Å². The van der Waals surface area contributed by atoms with E-state index in [1.165, 1.54) is 18.4 Å². The Morgan fingerprint density at radius 2 is 2.14 bits per heavy atom. The Bertz CT molecular complexity index is 395. The van der Waals surface area contributed by atoms with E-state index < -0.39 is 0 Å². The number of hydrogen-bond donors (Lipinski definition) is 1. The van der Waals surface area contributed by atoms with E-state index in [9.17, 15) is 0 Å². The second kappa shape index (κ2) is 8.57. The molecule has 2 heterocycles. The van der Waals surface area contributed by atoms with E-state index in [-0.39, 0.29) is 0 Å². The largest absolute Gasteiger partial charge is 0.468 e. The first kappa shape index (κ1) is 16.5. The van der Waals surface area contributed by atoms with Crippen molar-refractivity contribution in [2.24, 2.45) is 11.8 Å². The van der Waals surface area contributed by atoms with Crippen LogP contribution in [0.5, 0.6) is 0 Å². The molecular formula is C17H30N2O2. The summed E-state index contributed by atoms with van der Waals surface area (Å²) in [7, 11) is 1.80. The summed E-state index contributed by atoms with van der Waals surface area (Å²) in [5.74, 6) is 2.50. The molecule has 1 fully saturated rings. The molecule has 2 rings (SSSR count). The lowest BCUT2D eigenvalue weighted by molar-refractivity contribution is 0.0939. The maximum absolute atomic E-state index is 5.69. The van der Waals surface area contributed by atoms with Gasteiger partial charge < -0.3 is 14.5 Å². The van der Waals surface area contributed by atoms with Crippen molar-refractivity contribution in [3.63, 3.8) is 0 Å². The zero-order chi connectivity index (χ0) is 15.1. The maximum Gasteiger partial charge on any atom is 0.118 e. The number of likely N-dealkylation sites (tertiary alicyclic amines) is 1. The summed E-state index contributed by atoms with van der Waals surface area (Å²) in [5.41, 5.74) is 1.25. The van der Waals surface area contributed by atoms with Crippen molar-refractivity contribution >= 4 is 0 Å². The molecule has 1 aromatic rings. The van der Waals surface area contributed by atoms with Crippen molar-refractivity contribution in [2.75, 3.05) is 33.4 Å². The van der Waals surface area contributed by atoms with Gasteiger partial charge in [0.2, 0.25) is 0 Å². The Labute approximate surface area is 128 Å². The predicted molar refractivity (Wildman–Crippen MR) is 85.1 cm³/mol. The molecule has 0 amide bonds. The third-order valence-corrected chi connectivity index (χ3v) is 4.08. The van der Waals surface area contributed by atoms with Crippen LogP contribution in [-0.2, 0) is 17.8 Å². The first-order valence-electron chi connectivity index (χ1n) is 8.15. The molecule has 0 bridgehead atoms. The number of hydrogen-bond acceptors (Lipinski definition) is 4. The van der Waals surface area contributed by atoms with Crippen LogP contribution < -0.4 is 5.32 Å². The third-order valence-electron chi connectivity index (χ3n) is 4.08. The number of piperidine rings is 1. The Hall–Kier alpha value is -0.840. The fourth-order valence-electron chi connectivity index (χ4n) is 2.87. The molecule has 0 spiro atoms. The molecule has 0 aromatic carbocycles. The first-order valence-corrected chi connectivity index (χ1v) is 8.15. The van der Waals surface area contributed by atoms with Gasteiger partial charge in [0.15, 0.2) is 0 Å². The van der Waals surface area contributed by atoms with Gasteiger partial charge in [-0.3, -0.25) is 4.90 Å². The van der Waals surface area contributed by atoms with Crippen molar-refractivity contribution in [1.82, 2.24) is 10.2 Å². The molecule has 120 valence electrons. The molecule has 1 aliphatic rings. The van der Waals surface area contributed by atoms with Gasteiger partial charge in [-0.2, -0.15) is 0 Å². The topological polar surface area (TPSA) is 37.6 Å². The predicted octanol–water partition coefficient (Wildman–Crippen LogP) is 2.88. The summed E-state index contributed by atoms with van der Waals surface area (Å²) < 4.78 is 10.9. The molecule has 0 saturated carbocycles. The highest BCUT2D eigenvalue weighted by Gasteiger charge is 2.19. The SMILES string of the molecule is COCC1CCN(Cc2cc(CNCC(C)C)co2)CC1. The second-order valence-electron chi connectivity index (χ2n) is 6.62. The second-order valence-corrected chi connectivity index (χ2v) is 6.62. The minimum atomic E-state index is 0.685. The van der Waals surface area contributed by atoms with Crippen LogP contribution >= 0.6 is 0 Å². The van der Waals surface area contributed by atoms with Crippen LogP contribution in [0.25, 0.3) is 0 Å². The number of nitrogens with zero attached hydrogens (tertiary/aromatic N) is 1. The Morgan fingerprint density at radius 3 is 2.81 bits per heavy atom. The molecule has 0 aliphatic carbocycles. The third kappa shape index (κ3) is 5.81. The van der Waals surface area contributed by atoms with Gasteiger partial charge in [0.25, 0.3) is 0 Å². The van der Waals surface area contributed by atoms with Gasteiger partial charge in [0.1, 0.15) is 5.76 Å². The summed E-state index contributed by atoms with van der Waals surface area (Å²) in [5, 5.41) is 3.45. The number of furan rings is 1. The number of rotatable bonds is 8. The van der Waals surface area contributed by atoms with Gasteiger partial charge in [-0.05, 0) is 50.4 Å². The van der Waals surface area contributed by atoms with Crippen molar-refractivity contribution in [1.29, 1.82) is 0 Å². The Kier molecular flexibility index (Phi) is 6.74. The highest BCUT2D eigenvalue weighted by Crippen LogP contribution is 2.20. The fraction of sp³-hybridized carbons (Fsp3) is 0.765. The van der Waals surface area contributed by atoms with E-state index in [4.69, 9.17) is 9.15 Å². The van der Waals surface area contributed by atoms with E-state index >= 15 is 0 Å². The number of methoxy groups -OCH3 is 1. The lowest BCUT2D eigenvalue weighted by atomic mass is 9.98. The van der Waals surface area contributed by atoms with Crippen LogP contribution in [0.1, 0.15) is 38.0 Å². The molecule has 4 nitrogen and oxygen atoms in total. The van der Waals surface area contributed by atoms with Crippen LogP contribution in [-0.4, -0.2) is 38.3 Å². The lowest BCUT2D eigenvalue weighted by Gasteiger charge is -2.30. The van der Waals surface area contributed by atoms with Crippen LogP contribution in [0.4, 0.5) is 0 Å². The standard InChI is InChI=1S/C17H30N2O2/c1-14(2)9-18-10-16-8-17(21-13-16)11-19-6-4-15(5-7-19)12-20-3/h8,13-15,18H,4-7,9-12H2,1-3H3. The molecule has 1 saturated heterocycles. The van der Waals surface area contributed by atoms with Crippen molar-refractivity contribution in [3.05, 3.63) is 23.7 Å².